The minimum absolute atomic E-state index is 0.000744. The van der Waals surface area contributed by atoms with Crippen molar-refractivity contribution >= 4 is 28.9 Å². The first kappa shape index (κ1) is 15.6. The summed E-state index contributed by atoms with van der Waals surface area (Å²) in [7, 11) is 0. The van der Waals surface area contributed by atoms with Gasteiger partial charge in [0.05, 0.1) is 21.1 Å². The lowest BCUT2D eigenvalue weighted by atomic mass is 10.1. The van der Waals surface area contributed by atoms with Crippen molar-refractivity contribution in [3.8, 4) is 11.5 Å². The molecule has 2 rings (SSSR count). The molecule has 0 fully saturated rings. The Morgan fingerprint density at radius 3 is 2.29 bits per heavy atom. The molecule has 0 aromatic heterocycles. The number of nitro benzene ring substituents is 1. The van der Waals surface area contributed by atoms with Crippen LogP contribution in [-0.4, -0.2) is 10.0 Å². The molecule has 5 nitrogen and oxygen atoms in total. The van der Waals surface area contributed by atoms with E-state index < -0.39 is 11.0 Å². The number of hydrogen-bond acceptors (Lipinski definition) is 4. The highest BCUT2D eigenvalue weighted by molar-refractivity contribution is 6.42. The molecule has 0 bridgehead atoms. The molecule has 0 saturated heterocycles. The summed E-state index contributed by atoms with van der Waals surface area (Å²) in [6.45, 7) is 1.64. The number of ether oxygens (including phenoxy) is 1. The standard InChI is InChI=1S/C14H11Cl2NO4/c1-8(18)9-2-4-10(5-3-9)21-14-7-12(16)11(15)6-13(14)17(19)20/h2-8,18H,1H3. The number of nitrogens with zero attached hydrogens (tertiary/aromatic N) is 1. The van der Waals surface area contributed by atoms with E-state index in [0.717, 1.165) is 6.07 Å². The first-order valence-corrected chi connectivity index (χ1v) is 6.73. The summed E-state index contributed by atoms with van der Waals surface area (Å²) >= 11 is 11.6. The highest BCUT2D eigenvalue weighted by Gasteiger charge is 2.19. The van der Waals surface area contributed by atoms with Gasteiger partial charge >= 0.3 is 5.69 Å². The van der Waals surface area contributed by atoms with E-state index in [1.165, 1.54) is 6.07 Å². The summed E-state index contributed by atoms with van der Waals surface area (Å²) in [5.41, 5.74) is 0.440. The summed E-state index contributed by atoms with van der Waals surface area (Å²) in [5.74, 6) is 0.389. The molecule has 0 aliphatic carbocycles. The quantitative estimate of drug-likeness (QED) is 0.649. The van der Waals surface area contributed by atoms with Crippen LogP contribution in [0.3, 0.4) is 0 Å². The van der Waals surface area contributed by atoms with Gasteiger partial charge in [-0.3, -0.25) is 10.1 Å². The third-order valence-electron chi connectivity index (χ3n) is 2.79. The van der Waals surface area contributed by atoms with Gasteiger partial charge in [-0.25, -0.2) is 0 Å². The van der Waals surface area contributed by atoms with Crippen LogP contribution in [0.4, 0.5) is 5.69 Å². The molecule has 1 unspecified atom stereocenters. The van der Waals surface area contributed by atoms with Crippen LogP contribution in [0.5, 0.6) is 11.5 Å². The van der Waals surface area contributed by atoms with E-state index in [1.54, 1.807) is 31.2 Å². The van der Waals surface area contributed by atoms with Crippen LogP contribution < -0.4 is 4.74 Å². The van der Waals surface area contributed by atoms with Crippen LogP contribution in [0.1, 0.15) is 18.6 Å². The van der Waals surface area contributed by atoms with Gasteiger partial charge < -0.3 is 9.84 Å². The van der Waals surface area contributed by atoms with Gasteiger partial charge in [-0.2, -0.15) is 0 Å². The van der Waals surface area contributed by atoms with Gasteiger partial charge in [-0.05, 0) is 24.6 Å². The van der Waals surface area contributed by atoms with Crippen molar-refractivity contribution in [3.05, 3.63) is 62.1 Å². The fourth-order valence-electron chi connectivity index (χ4n) is 1.68. The molecule has 0 heterocycles. The van der Waals surface area contributed by atoms with Crippen molar-refractivity contribution in [2.45, 2.75) is 13.0 Å². The summed E-state index contributed by atoms with van der Waals surface area (Å²) in [6, 6.07) is 8.99. The molecule has 0 aliphatic rings. The van der Waals surface area contributed by atoms with Gasteiger partial charge in [0.15, 0.2) is 0 Å². The van der Waals surface area contributed by atoms with E-state index in [1.807, 2.05) is 0 Å². The molecule has 0 aliphatic heterocycles. The predicted octanol–water partition coefficient (Wildman–Crippen LogP) is 4.75. The maximum atomic E-state index is 11.0. The molecule has 0 saturated carbocycles. The zero-order valence-corrected chi connectivity index (χ0v) is 12.4. The lowest BCUT2D eigenvalue weighted by Gasteiger charge is -2.09. The minimum Gasteiger partial charge on any atom is -0.450 e. The molecule has 7 heteroatoms. The third kappa shape index (κ3) is 3.64. The zero-order valence-electron chi connectivity index (χ0n) is 10.9. The van der Waals surface area contributed by atoms with Crippen molar-refractivity contribution in [1.82, 2.24) is 0 Å². The second-order valence-corrected chi connectivity index (χ2v) is 5.15. The van der Waals surface area contributed by atoms with E-state index in [-0.39, 0.29) is 21.5 Å². The number of benzene rings is 2. The maximum Gasteiger partial charge on any atom is 0.313 e. The summed E-state index contributed by atoms with van der Waals surface area (Å²) in [6.07, 6.45) is -0.599. The van der Waals surface area contributed by atoms with E-state index in [4.69, 9.17) is 27.9 Å². The Balaban J connectivity index is 2.34. The van der Waals surface area contributed by atoms with E-state index >= 15 is 0 Å². The van der Waals surface area contributed by atoms with Gasteiger partial charge in [0.2, 0.25) is 5.75 Å². The third-order valence-corrected chi connectivity index (χ3v) is 3.51. The summed E-state index contributed by atoms with van der Waals surface area (Å²) in [4.78, 5) is 10.4. The van der Waals surface area contributed by atoms with Crippen molar-refractivity contribution < 1.29 is 14.8 Å². The smallest absolute Gasteiger partial charge is 0.313 e. The minimum atomic E-state index is -0.599. The molecule has 1 N–H and O–H groups in total. The first-order chi connectivity index (χ1) is 9.88. The van der Waals surface area contributed by atoms with Gasteiger partial charge in [0, 0.05) is 12.1 Å². The number of aliphatic hydroxyl groups is 1. The van der Waals surface area contributed by atoms with Crippen LogP contribution in [0.2, 0.25) is 10.0 Å². The fraction of sp³-hybridized carbons (Fsp3) is 0.143. The van der Waals surface area contributed by atoms with Gasteiger partial charge in [-0.15, -0.1) is 0 Å². The van der Waals surface area contributed by atoms with E-state index in [2.05, 4.69) is 0 Å². The Hall–Kier alpha value is -1.82. The van der Waals surface area contributed by atoms with Crippen molar-refractivity contribution in [1.29, 1.82) is 0 Å². The zero-order chi connectivity index (χ0) is 15.6. The maximum absolute atomic E-state index is 11.0. The Morgan fingerprint density at radius 1 is 1.19 bits per heavy atom. The molecular weight excluding hydrogens is 317 g/mol. The van der Waals surface area contributed by atoms with Crippen LogP contribution in [0.15, 0.2) is 36.4 Å². The van der Waals surface area contributed by atoms with E-state index in [0.29, 0.717) is 11.3 Å². The summed E-state index contributed by atoms with van der Waals surface area (Å²) in [5, 5.41) is 20.7. The number of hydrogen-bond donors (Lipinski definition) is 1. The monoisotopic (exact) mass is 327 g/mol. The summed E-state index contributed by atoms with van der Waals surface area (Å²) < 4.78 is 5.47. The largest absolute Gasteiger partial charge is 0.450 e. The molecular formula is C14H11Cl2NO4. The molecule has 110 valence electrons. The van der Waals surface area contributed by atoms with Crippen molar-refractivity contribution in [2.24, 2.45) is 0 Å². The predicted molar refractivity (Wildman–Crippen MR) is 80.3 cm³/mol. The molecule has 0 radical (unpaired) electrons. The molecule has 0 spiro atoms. The van der Waals surface area contributed by atoms with Gasteiger partial charge in [0.25, 0.3) is 0 Å². The number of nitro groups is 1. The van der Waals surface area contributed by atoms with E-state index in [9.17, 15) is 15.2 Å². The SMILES string of the molecule is CC(O)c1ccc(Oc2cc(Cl)c(Cl)cc2[N+](=O)[O-])cc1. The second-order valence-electron chi connectivity index (χ2n) is 4.34. The lowest BCUT2D eigenvalue weighted by Crippen LogP contribution is -1.95. The Labute approximate surface area is 130 Å². The second kappa shape index (κ2) is 6.30. The van der Waals surface area contributed by atoms with Crippen molar-refractivity contribution in [3.63, 3.8) is 0 Å². The highest BCUT2D eigenvalue weighted by atomic mass is 35.5. The first-order valence-electron chi connectivity index (χ1n) is 5.98. The molecule has 2 aromatic carbocycles. The highest BCUT2D eigenvalue weighted by Crippen LogP contribution is 2.38. The average Bonchev–Trinajstić information content (AvgIpc) is 2.43. The molecule has 2 aromatic rings. The topological polar surface area (TPSA) is 72.6 Å². The Morgan fingerprint density at radius 2 is 1.76 bits per heavy atom. The van der Waals surface area contributed by atoms with Crippen LogP contribution in [0.25, 0.3) is 0 Å². The molecule has 1 atom stereocenters. The number of rotatable bonds is 4. The lowest BCUT2D eigenvalue weighted by molar-refractivity contribution is -0.385. The Kier molecular flexibility index (Phi) is 4.67. The Bertz CT molecular complexity index is 671. The average molecular weight is 328 g/mol. The molecule has 0 amide bonds. The van der Waals surface area contributed by atoms with Gasteiger partial charge in [-0.1, -0.05) is 35.3 Å². The van der Waals surface area contributed by atoms with Crippen LogP contribution >= 0.6 is 23.2 Å². The van der Waals surface area contributed by atoms with Crippen LogP contribution in [-0.2, 0) is 0 Å². The van der Waals surface area contributed by atoms with Crippen LogP contribution in [0, 0.1) is 10.1 Å². The van der Waals surface area contributed by atoms with Crippen molar-refractivity contribution in [2.75, 3.05) is 0 Å². The fourth-order valence-corrected chi connectivity index (χ4v) is 2.00. The number of aliphatic hydroxyl groups excluding tert-OH is 1. The molecule has 21 heavy (non-hydrogen) atoms. The number of halogens is 2. The van der Waals surface area contributed by atoms with Gasteiger partial charge in [0.1, 0.15) is 5.75 Å². The normalized spacial score (nSPS) is 12.0.